The first kappa shape index (κ1) is 12.2. The number of anilines is 1. The number of nitro groups is 1. The van der Waals surface area contributed by atoms with Gasteiger partial charge in [0.15, 0.2) is 0 Å². The van der Waals surface area contributed by atoms with E-state index in [2.05, 4.69) is 0 Å². The average Bonchev–Trinajstić information content (AvgIpc) is 2.32. The fourth-order valence-corrected chi connectivity index (χ4v) is 2.14. The zero-order valence-corrected chi connectivity index (χ0v) is 10.3. The molecule has 4 N–H and O–H groups in total. The first-order valence-corrected chi connectivity index (χ1v) is 5.39. The monoisotopic (exact) mass is 249 g/mol. The number of nitrogens with zero attached hydrogens (tertiary/aromatic N) is 3. The molecule has 1 aliphatic heterocycles. The third kappa shape index (κ3) is 1.74. The van der Waals surface area contributed by atoms with E-state index in [1.54, 1.807) is 31.1 Å². The summed E-state index contributed by atoms with van der Waals surface area (Å²) in [6.07, 6.45) is 0. The highest BCUT2D eigenvalue weighted by Gasteiger charge is 2.28. The van der Waals surface area contributed by atoms with Gasteiger partial charge in [-0.3, -0.25) is 10.1 Å². The number of hydrogen-bond donors (Lipinski definition) is 2. The van der Waals surface area contributed by atoms with Crippen LogP contribution >= 0.6 is 0 Å². The Morgan fingerprint density at radius 3 is 2.72 bits per heavy atom. The lowest BCUT2D eigenvalue weighted by molar-refractivity contribution is -0.384. The Labute approximate surface area is 104 Å². The lowest BCUT2D eigenvalue weighted by Gasteiger charge is -2.32. The van der Waals surface area contributed by atoms with Gasteiger partial charge in [-0.05, 0) is 0 Å². The van der Waals surface area contributed by atoms with Gasteiger partial charge >= 0.3 is 0 Å². The highest BCUT2D eigenvalue weighted by molar-refractivity contribution is 5.85. The molecule has 1 aromatic rings. The standard InChI is InChI=1S/C11H15N5O2/c1-14-6-9(15(2)13)10(12)7-4-3-5-8(11(7)14)16(17)18/h3-5H,6,12-13H2,1-2H3. The number of hydrazine groups is 1. The summed E-state index contributed by atoms with van der Waals surface area (Å²) in [6.45, 7) is 0.441. The lowest BCUT2D eigenvalue weighted by Crippen LogP contribution is -2.38. The number of likely N-dealkylation sites (N-methyl/N-ethyl adjacent to an activating group) is 2. The van der Waals surface area contributed by atoms with E-state index in [4.69, 9.17) is 11.6 Å². The Morgan fingerprint density at radius 1 is 1.50 bits per heavy atom. The van der Waals surface area contributed by atoms with E-state index in [1.165, 1.54) is 11.1 Å². The maximum absolute atomic E-state index is 11.0. The molecular formula is C11H15N5O2. The van der Waals surface area contributed by atoms with Crippen LogP contribution in [0, 0.1) is 10.1 Å². The summed E-state index contributed by atoms with van der Waals surface area (Å²) in [5.74, 6) is 5.71. The summed E-state index contributed by atoms with van der Waals surface area (Å²) < 4.78 is 0. The minimum absolute atomic E-state index is 0.0525. The highest BCUT2D eigenvalue weighted by Crippen LogP contribution is 2.38. The number of hydrogen-bond acceptors (Lipinski definition) is 6. The molecule has 0 saturated heterocycles. The molecule has 18 heavy (non-hydrogen) atoms. The maximum Gasteiger partial charge on any atom is 0.293 e. The number of benzene rings is 1. The van der Waals surface area contributed by atoms with Crippen LogP contribution in [0.2, 0.25) is 0 Å². The normalized spacial score (nSPS) is 14.5. The SMILES string of the molecule is CN(N)C1=C(N)c2cccc([N+](=O)[O-])c2N(C)C1. The molecule has 1 aromatic carbocycles. The number of nitrogens with two attached hydrogens (primary N) is 2. The van der Waals surface area contributed by atoms with Crippen molar-refractivity contribution < 1.29 is 4.92 Å². The first-order chi connectivity index (χ1) is 8.43. The zero-order valence-electron chi connectivity index (χ0n) is 10.3. The van der Waals surface area contributed by atoms with Crippen LogP contribution in [0.4, 0.5) is 11.4 Å². The second kappa shape index (κ2) is 4.19. The summed E-state index contributed by atoms with van der Waals surface area (Å²) in [4.78, 5) is 12.4. The molecule has 0 spiro atoms. The minimum Gasteiger partial charge on any atom is -0.397 e. The van der Waals surface area contributed by atoms with Crippen molar-refractivity contribution in [3.05, 3.63) is 39.6 Å². The Bertz CT molecular complexity index is 538. The third-order valence-electron chi connectivity index (χ3n) is 3.01. The van der Waals surface area contributed by atoms with Crippen LogP contribution < -0.4 is 16.5 Å². The van der Waals surface area contributed by atoms with Gasteiger partial charge in [0, 0.05) is 25.7 Å². The molecular weight excluding hydrogens is 234 g/mol. The Balaban J connectivity index is 2.68. The van der Waals surface area contributed by atoms with Crippen LogP contribution in [0.3, 0.4) is 0 Å². The van der Waals surface area contributed by atoms with E-state index in [0.29, 0.717) is 23.5 Å². The Morgan fingerprint density at radius 2 is 2.17 bits per heavy atom. The maximum atomic E-state index is 11.0. The predicted octanol–water partition coefficient (Wildman–Crippen LogP) is 0.477. The molecule has 0 atom stereocenters. The number of para-hydroxylation sites is 1. The fourth-order valence-electron chi connectivity index (χ4n) is 2.14. The van der Waals surface area contributed by atoms with Gasteiger partial charge < -0.3 is 15.6 Å². The minimum atomic E-state index is -0.403. The number of rotatable bonds is 2. The van der Waals surface area contributed by atoms with E-state index < -0.39 is 4.92 Å². The molecule has 0 fully saturated rings. The quantitative estimate of drug-likeness (QED) is 0.449. The van der Waals surface area contributed by atoms with E-state index in [9.17, 15) is 10.1 Å². The van der Waals surface area contributed by atoms with Crippen LogP contribution in [0.25, 0.3) is 5.70 Å². The largest absolute Gasteiger partial charge is 0.397 e. The fraction of sp³-hybridized carbons (Fsp3) is 0.273. The van der Waals surface area contributed by atoms with E-state index >= 15 is 0 Å². The van der Waals surface area contributed by atoms with Gasteiger partial charge in [0.25, 0.3) is 5.69 Å². The lowest BCUT2D eigenvalue weighted by atomic mass is 10.0. The molecule has 0 aliphatic carbocycles. The van der Waals surface area contributed by atoms with Gasteiger partial charge in [-0.25, -0.2) is 5.84 Å². The first-order valence-electron chi connectivity index (χ1n) is 5.39. The molecule has 0 radical (unpaired) electrons. The number of fused-ring (bicyclic) bond motifs is 1. The van der Waals surface area contributed by atoms with Crippen LogP contribution in [-0.4, -0.2) is 30.6 Å². The Kier molecular flexibility index (Phi) is 2.84. The molecule has 0 amide bonds. The average molecular weight is 249 g/mol. The molecule has 96 valence electrons. The van der Waals surface area contributed by atoms with Crippen molar-refractivity contribution in [1.29, 1.82) is 0 Å². The van der Waals surface area contributed by atoms with E-state index in [-0.39, 0.29) is 5.69 Å². The topological polar surface area (TPSA) is 102 Å². The van der Waals surface area contributed by atoms with Gasteiger partial charge in [-0.2, -0.15) is 0 Å². The smallest absolute Gasteiger partial charge is 0.293 e. The summed E-state index contributed by atoms with van der Waals surface area (Å²) >= 11 is 0. The van der Waals surface area contributed by atoms with Crippen molar-refractivity contribution in [3.63, 3.8) is 0 Å². The van der Waals surface area contributed by atoms with Crippen LogP contribution in [0.5, 0.6) is 0 Å². The molecule has 0 saturated carbocycles. The summed E-state index contributed by atoms with van der Waals surface area (Å²) in [5, 5.41) is 12.5. The van der Waals surface area contributed by atoms with Crippen molar-refractivity contribution in [3.8, 4) is 0 Å². The second-order valence-corrected chi connectivity index (χ2v) is 4.26. The van der Waals surface area contributed by atoms with Crippen molar-refractivity contribution in [2.45, 2.75) is 0 Å². The molecule has 0 aromatic heterocycles. The summed E-state index contributed by atoms with van der Waals surface area (Å²) in [6, 6.07) is 4.85. The van der Waals surface area contributed by atoms with E-state index in [0.717, 1.165) is 5.70 Å². The predicted molar refractivity (Wildman–Crippen MR) is 69.4 cm³/mol. The van der Waals surface area contributed by atoms with Crippen molar-refractivity contribution in [2.75, 3.05) is 25.5 Å². The van der Waals surface area contributed by atoms with Crippen molar-refractivity contribution >= 4 is 17.1 Å². The molecule has 0 unspecified atom stereocenters. The van der Waals surface area contributed by atoms with Crippen LogP contribution in [0.15, 0.2) is 23.9 Å². The second-order valence-electron chi connectivity index (χ2n) is 4.26. The van der Waals surface area contributed by atoms with Crippen molar-refractivity contribution in [1.82, 2.24) is 5.01 Å². The molecule has 2 rings (SSSR count). The Hall–Kier alpha value is -2.28. The van der Waals surface area contributed by atoms with Gasteiger partial charge in [0.1, 0.15) is 5.69 Å². The van der Waals surface area contributed by atoms with Gasteiger partial charge in [0.2, 0.25) is 0 Å². The summed E-state index contributed by atoms with van der Waals surface area (Å²) in [5.41, 5.74) is 8.49. The van der Waals surface area contributed by atoms with Gasteiger partial charge in [0.05, 0.1) is 22.9 Å². The molecule has 1 aliphatic rings. The molecule has 0 bridgehead atoms. The van der Waals surface area contributed by atoms with Crippen molar-refractivity contribution in [2.24, 2.45) is 11.6 Å². The van der Waals surface area contributed by atoms with E-state index in [1.807, 2.05) is 0 Å². The van der Waals surface area contributed by atoms with Crippen LogP contribution in [0.1, 0.15) is 5.56 Å². The molecule has 7 nitrogen and oxygen atoms in total. The van der Waals surface area contributed by atoms with Crippen LogP contribution in [-0.2, 0) is 0 Å². The molecule has 7 heteroatoms. The highest BCUT2D eigenvalue weighted by atomic mass is 16.6. The molecule has 1 heterocycles. The van der Waals surface area contributed by atoms with Gasteiger partial charge in [-0.1, -0.05) is 12.1 Å². The summed E-state index contributed by atoms with van der Waals surface area (Å²) in [7, 11) is 3.47. The van der Waals surface area contributed by atoms with Gasteiger partial charge in [-0.15, -0.1) is 0 Å². The zero-order chi connectivity index (χ0) is 13.4. The third-order valence-corrected chi connectivity index (χ3v) is 3.01. The number of nitro benzene ring substituents is 1.